The van der Waals surface area contributed by atoms with Crippen molar-refractivity contribution in [2.45, 2.75) is 19.4 Å². The largest absolute Gasteiger partial charge is 0.508 e. The van der Waals surface area contributed by atoms with Crippen molar-refractivity contribution in [3.63, 3.8) is 0 Å². The number of nitrogens with zero attached hydrogens (tertiary/aromatic N) is 1. The van der Waals surface area contributed by atoms with Gasteiger partial charge in [0.25, 0.3) is 0 Å². The van der Waals surface area contributed by atoms with E-state index in [2.05, 4.69) is 4.90 Å². The topological polar surface area (TPSA) is 36.6 Å². The highest BCUT2D eigenvalue weighted by Gasteiger charge is 2.15. The minimum absolute atomic E-state index is 0. The van der Waals surface area contributed by atoms with Crippen LogP contribution in [0.5, 0.6) is 5.75 Å². The summed E-state index contributed by atoms with van der Waals surface area (Å²) in [7, 11) is 0. The van der Waals surface area contributed by atoms with Crippen LogP contribution in [0.4, 0.5) is 0 Å². The van der Waals surface area contributed by atoms with E-state index in [0.717, 1.165) is 38.2 Å². The normalized spacial score (nSPS) is 15.4. The molecule has 0 unspecified atom stereocenters. The van der Waals surface area contributed by atoms with Crippen LogP contribution in [0.3, 0.4) is 0 Å². The molecule has 4 heteroatoms. The molecule has 0 radical (unpaired) electrons. The molecule has 0 aliphatic carbocycles. The standard InChI is InChI=1S/C15H17NO2.ClH/c17-14-4-3-12-5-7-16(8-6-13(12)10-14)11-15-2-1-9-18-15;/h1-4,9-10,17H,5-8,11H2;1H. The van der Waals surface area contributed by atoms with Crippen LogP contribution in [0.1, 0.15) is 16.9 Å². The van der Waals surface area contributed by atoms with Crippen molar-refractivity contribution in [1.82, 2.24) is 4.90 Å². The molecular formula is C15H18ClNO2. The Hall–Kier alpha value is -1.45. The summed E-state index contributed by atoms with van der Waals surface area (Å²) in [4.78, 5) is 2.40. The number of benzene rings is 1. The maximum atomic E-state index is 9.52. The van der Waals surface area contributed by atoms with Crippen LogP contribution in [0.15, 0.2) is 41.0 Å². The third kappa shape index (κ3) is 3.31. The molecule has 3 nitrogen and oxygen atoms in total. The predicted molar refractivity (Wildman–Crippen MR) is 76.7 cm³/mol. The van der Waals surface area contributed by atoms with Crippen molar-refractivity contribution >= 4 is 12.4 Å². The van der Waals surface area contributed by atoms with E-state index in [4.69, 9.17) is 4.42 Å². The number of hydrogen-bond donors (Lipinski definition) is 1. The van der Waals surface area contributed by atoms with E-state index in [0.29, 0.717) is 5.75 Å². The molecule has 0 bridgehead atoms. The number of aromatic hydroxyl groups is 1. The van der Waals surface area contributed by atoms with Gasteiger partial charge in [-0.25, -0.2) is 0 Å². The van der Waals surface area contributed by atoms with Crippen LogP contribution in [-0.2, 0) is 19.4 Å². The van der Waals surface area contributed by atoms with Gasteiger partial charge in [-0.1, -0.05) is 6.07 Å². The third-order valence-electron chi connectivity index (χ3n) is 3.54. The molecule has 3 rings (SSSR count). The van der Waals surface area contributed by atoms with Crippen molar-refractivity contribution < 1.29 is 9.52 Å². The highest BCUT2D eigenvalue weighted by atomic mass is 35.5. The number of rotatable bonds is 2. The summed E-state index contributed by atoms with van der Waals surface area (Å²) in [6.45, 7) is 2.92. The fraction of sp³-hybridized carbons (Fsp3) is 0.333. The van der Waals surface area contributed by atoms with Gasteiger partial charge in [-0.05, 0) is 48.2 Å². The van der Waals surface area contributed by atoms with E-state index in [1.807, 2.05) is 24.3 Å². The summed E-state index contributed by atoms with van der Waals surface area (Å²) in [6.07, 6.45) is 3.75. The van der Waals surface area contributed by atoms with Crippen LogP contribution in [0.25, 0.3) is 0 Å². The quantitative estimate of drug-likeness (QED) is 0.918. The molecule has 19 heavy (non-hydrogen) atoms. The molecule has 0 fully saturated rings. The maximum Gasteiger partial charge on any atom is 0.117 e. The van der Waals surface area contributed by atoms with Crippen molar-refractivity contribution in [3.8, 4) is 5.75 Å². The number of furan rings is 1. The monoisotopic (exact) mass is 279 g/mol. The van der Waals surface area contributed by atoms with Gasteiger partial charge in [0.1, 0.15) is 11.5 Å². The van der Waals surface area contributed by atoms with E-state index in [1.165, 1.54) is 11.1 Å². The van der Waals surface area contributed by atoms with E-state index >= 15 is 0 Å². The lowest BCUT2D eigenvalue weighted by Crippen LogP contribution is -2.25. The number of halogens is 1. The Labute approximate surface area is 119 Å². The van der Waals surface area contributed by atoms with Gasteiger partial charge in [0.15, 0.2) is 0 Å². The molecule has 1 N–H and O–H groups in total. The highest BCUT2D eigenvalue weighted by Crippen LogP contribution is 2.21. The third-order valence-corrected chi connectivity index (χ3v) is 3.54. The van der Waals surface area contributed by atoms with Crippen LogP contribution >= 0.6 is 12.4 Å². The second-order valence-corrected chi connectivity index (χ2v) is 4.81. The van der Waals surface area contributed by atoms with Crippen LogP contribution < -0.4 is 0 Å². The minimum atomic E-state index is 0. The van der Waals surface area contributed by atoms with Crippen molar-refractivity contribution in [2.75, 3.05) is 13.1 Å². The van der Waals surface area contributed by atoms with Crippen LogP contribution in [-0.4, -0.2) is 23.1 Å². The average molecular weight is 280 g/mol. The van der Waals surface area contributed by atoms with Gasteiger partial charge in [0.05, 0.1) is 12.8 Å². The SMILES string of the molecule is Cl.Oc1ccc2c(c1)CCN(Cc1ccco1)CC2. The molecule has 1 aliphatic heterocycles. The fourth-order valence-corrected chi connectivity index (χ4v) is 2.54. The average Bonchev–Trinajstić information content (AvgIpc) is 2.79. The van der Waals surface area contributed by atoms with Gasteiger partial charge < -0.3 is 9.52 Å². The number of phenolic OH excluding ortho intramolecular Hbond substituents is 1. The lowest BCUT2D eigenvalue weighted by Gasteiger charge is -2.17. The van der Waals surface area contributed by atoms with Crippen molar-refractivity contribution in [1.29, 1.82) is 0 Å². The highest BCUT2D eigenvalue weighted by molar-refractivity contribution is 5.85. The molecule has 0 amide bonds. The van der Waals surface area contributed by atoms with Crippen molar-refractivity contribution in [3.05, 3.63) is 53.5 Å². The maximum absolute atomic E-state index is 9.52. The van der Waals surface area contributed by atoms with Gasteiger partial charge in [-0.15, -0.1) is 12.4 Å². The van der Waals surface area contributed by atoms with Gasteiger partial charge >= 0.3 is 0 Å². The van der Waals surface area contributed by atoms with Gasteiger partial charge in [0, 0.05) is 13.1 Å². The van der Waals surface area contributed by atoms with Crippen LogP contribution in [0.2, 0.25) is 0 Å². The minimum Gasteiger partial charge on any atom is -0.508 e. The molecule has 102 valence electrons. The smallest absolute Gasteiger partial charge is 0.117 e. The lowest BCUT2D eigenvalue weighted by molar-refractivity contribution is 0.255. The molecule has 2 aromatic rings. The zero-order valence-corrected chi connectivity index (χ0v) is 11.5. The Morgan fingerprint density at radius 1 is 1.11 bits per heavy atom. The Morgan fingerprint density at radius 3 is 2.63 bits per heavy atom. The first-order valence-electron chi connectivity index (χ1n) is 6.37. The molecule has 1 aromatic carbocycles. The van der Waals surface area contributed by atoms with Crippen LogP contribution in [0, 0.1) is 0 Å². The summed E-state index contributed by atoms with van der Waals surface area (Å²) in [5.41, 5.74) is 2.63. The zero-order valence-electron chi connectivity index (χ0n) is 10.7. The summed E-state index contributed by atoms with van der Waals surface area (Å²) in [5.74, 6) is 1.39. The Bertz CT molecular complexity index is 525. The first kappa shape index (κ1) is 14.0. The summed E-state index contributed by atoms with van der Waals surface area (Å²) in [5, 5.41) is 9.52. The lowest BCUT2D eigenvalue weighted by atomic mass is 10.0. The van der Waals surface area contributed by atoms with Crippen molar-refractivity contribution in [2.24, 2.45) is 0 Å². The number of fused-ring (bicyclic) bond motifs is 1. The number of phenols is 1. The first-order valence-corrected chi connectivity index (χ1v) is 6.37. The molecule has 0 saturated heterocycles. The van der Waals surface area contributed by atoms with E-state index < -0.39 is 0 Å². The summed E-state index contributed by atoms with van der Waals surface area (Å²) < 4.78 is 5.39. The Morgan fingerprint density at radius 2 is 1.89 bits per heavy atom. The fourth-order valence-electron chi connectivity index (χ4n) is 2.54. The second kappa shape index (κ2) is 6.13. The molecule has 1 aromatic heterocycles. The molecule has 2 heterocycles. The number of hydrogen-bond acceptors (Lipinski definition) is 3. The Kier molecular flexibility index (Phi) is 4.51. The zero-order chi connectivity index (χ0) is 12.4. The first-order chi connectivity index (χ1) is 8.81. The molecule has 0 saturated carbocycles. The van der Waals surface area contributed by atoms with E-state index in [-0.39, 0.29) is 12.4 Å². The summed E-state index contributed by atoms with van der Waals surface area (Å²) in [6, 6.07) is 9.66. The molecule has 0 spiro atoms. The second-order valence-electron chi connectivity index (χ2n) is 4.81. The van der Waals surface area contributed by atoms with Gasteiger partial charge in [-0.3, -0.25) is 4.90 Å². The van der Waals surface area contributed by atoms with Gasteiger partial charge in [-0.2, -0.15) is 0 Å². The van der Waals surface area contributed by atoms with E-state index in [9.17, 15) is 5.11 Å². The molecule has 0 atom stereocenters. The van der Waals surface area contributed by atoms with E-state index in [1.54, 1.807) is 12.3 Å². The molecule has 1 aliphatic rings. The summed E-state index contributed by atoms with van der Waals surface area (Å²) >= 11 is 0. The Balaban J connectivity index is 0.00000133. The molecular weight excluding hydrogens is 262 g/mol. The van der Waals surface area contributed by atoms with Gasteiger partial charge in [0.2, 0.25) is 0 Å². The predicted octanol–water partition coefficient (Wildman–Crippen LogP) is 3.01.